The molecule has 0 fully saturated rings. The van der Waals surface area contributed by atoms with E-state index in [4.69, 9.17) is 17.3 Å². The van der Waals surface area contributed by atoms with Crippen LogP contribution in [0.15, 0.2) is 36.5 Å². The van der Waals surface area contributed by atoms with Crippen LogP contribution in [-0.4, -0.2) is 34.4 Å². The van der Waals surface area contributed by atoms with Gasteiger partial charge in [0, 0.05) is 15.4 Å². The number of carbonyl (C=O) groups excluding carboxylic acids is 2. The number of anilines is 1. The topological polar surface area (TPSA) is 103 Å². The van der Waals surface area contributed by atoms with Crippen LogP contribution in [0.4, 0.5) is 5.69 Å². The van der Waals surface area contributed by atoms with E-state index in [0.29, 0.717) is 22.1 Å². The Bertz CT molecular complexity index is 1070. The lowest BCUT2D eigenvalue weighted by Crippen LogP contribution is -2.22. The molecule has 0 aliphatic heterocycles. The summed E-state index contributed by atoms with van der Waals surface area (Å²) < 4.78 is 2.22. The summed E-state index contributed by atoms with van der Waals surface area (Å²) in [5, 5.41) is 7.45. The number of aryl methyl sites for hydroxylation is 1. The highest BCUT2D eigenvalue weighted by Crippen LogP contribution is 2.25. The fourth-order valence-corrected chi connectivity index (χ4v) is 3.62. The van der Waals surface area contributed by atoms with Crippen molar-refractivity contribution in [2.75, 3.05) is 5.32 Å². The molecular weight excluding hydrogens is 479 g/mol. The van der Waals surface area contributed by atoms with Gasteiger partial charge in [-0.3, -0.25) is 9.59 Å². The maximum absolute atomic E-state index is 12.9. The van der Waals surface area contributed by atoms with Gasteiger partial charge >= 0.3 is 0 Å². The monoisotopic (exact) mass is 493 g/mol. The minimum Gasteiger partial charge on any atom is -0.366 e. The summed E-state index contributed by atoms with van der Waals surface area (Å²) >= 11 is 8.29. The van der Waals surface area contributed by atoms with Gasteiger partial charge in [0.1, 0.15) is 5.69 Å². The van der Waals surface area contributed by atoms with Crippen LogP contribution in [0, 0.1) is 10.5 Å². The number of hydrogen-bond acceptors (Lipinski definition) is 4. The van der Waals surface area contributed by atoms with Gasteiger partial charge in [0.25, 0.3) is 11.8 Å². The molecule has 7 nitrogen and oxygen atoms in total. The SMILES string of the molecule is Bc1cc(C(=O)Nc2c(C)cc(I)cc2C(N)=O)n(-c2ncccc2Cl)n1. The smallest absolute Gasteiger partial charge is 0.274 e. The zero-order valence-corrected chi connectivity index (χ0v) is 17.4. The molecule has 0 radical (unpaired) electrons. The summed E-state index contributed by atoms with van der Waals surface area (Å²) in [5.74, 6) is -0.736. The summed E-state index contributed by atoms with van der Waals surface area (Å²) in [5.41, 5.74) is 7.67. The number of pyridine rings is 1. The Morgan fingerprint density at radius 3 is 2.74 bits per heavy atom. The van der Waals surface area contributed by atoms with Gasteiger partial charge in [-0.25, -0.2) is 9.67 Å². The average molecular weight is 494 g/mol. The van der Waals surface area contributed by atoms with Gasteiger partial charge < -0.3 is 11.1 Å². The van der Waals surface area contributed by atoms with Crippen LogP contribution in [-0.2, 0) is 0 Å². The van der Waals surface area contributed by atoms with Gasteiger partial charge in [0.2, 0.25) is 0 Å². The predicted octanol–water partition coefficient (Wildman–Crippen LogP) is 1.44. The van der Waals surface area contributed by atoms with Crippen LogP contribution < -0.4 is 16.6 Å². The van der Waals surface area contributed by atoms with E-state index >= 15 is 0 Å². The normalized spacial score (nSPS) is 10.6. The first-order chi connectivity index (χ1) is 12.8. The molecule has 3 aromatic rings. The van der Waals surface area contributed by atoms with E-state index in [1.54, 1.807) is 45.2 Å². The van der Waals surface area contributed by atoms with Crippen molar-refractivity contribution in [1.29, 1.82) is 0 Å². The van der Waals surface area contributed by atoms with E-state index in [2.05, 4.69) is 38.0 Å². The molecule has 136 valence electrons. The first-order valence-corrected chi connectivity index (χ1v) is 9.32. The van der Waals surface area contributed by atoms with Crippen molar-refractivity contribution in [2.24, 2.45) is 5.73 Å². The van der Waals surface area contributed by atoms with E-state index in [1.807, 2.05) is 6.07 Å². The second-order valence-corrected chi connectivity index (χ2v) is 7.51. The van der Waals surface area contributed by atoms with Gasteiger partial charge in [0.05, 0.1) is 16.3 Å². The maximum Gasteiger partial charge on any atom is 0.274 e. The van der Waals surface area contributed by atoms with Crippen LogP contribution >= 0.6 is 34.2 Å². The van der Waals surface area contributed by atoms with E-state index in [1.165, 1.54) is 4.68 Å². The van der Waals surface area contributed by atoms with Crippen molar-refractivity contribution in [2.45, 2.75) is 6.92 Å². The number of nitrogens with zero attached hydrogens (tertiary/aromatic N) is 3. The Morgan fingerprint density at radius 2 is 2.07 bits per heavy atom. The van der Waals surface area contributed by atoms with Gasteiger partial charge in [-0.1, -0.05) is 11.6 Å². The highest BCUT2D eigenvalue weighted by atomic mass is 127. The van der Waals surface area contributed by atoms with Crippen molar-refractivity contribution in [3.05, 3.63) is 61.9 Å². The largest absolute Gasteiger partial charge is 0.366 e. The minimum absolute atomic E-state index is 0.237. The lowest BCUT2D eigenvalue weighted by Gasteiger charge is -2.14. The van der Waals surface area contributed by atoms with Gasteiger partial charge in [-0.2, -0.15) is 5.10 Å². The first kappa shape index (κ1) is 19.4. The number of primary amides is 1. The summed E-state index contributed by atoms with van der Waals surface area (Å²) in [4.78, 5) is 29.0. The average Bonchev–Trinajstić information content (AvgIpc) is 2.99. The number of rotatable bonds is 4. The molecule has 27 heavy (non-hydrogen) atoms. The number of nitrogens with two attached hydrogens (primary N) is 1. The number of amides is 2. The van der Waals surface area contributed by atoms with E-state index < -0.39 is 11.8 Å². The molecule has 0 aliphatic rings. The number of hydrogen-bond donors (Lipinski definition) is 2. The molecule has 0 saturated heterocycles. The Kier molecular flexibility index (Phi) is 5.52. The second-order valence-electron chi connectivity index (χ2n) is 5.86. The third kappa shape index (κ3) is 3.98. The van der Waals surface area contributed by atoms with Crippen LogP contribution in [0.5, 0.6) is 0 Å². The molecule has 2 heterocycles. The fourth-order valence-electron chi connectivity index (χ4n) is 2.64. The third-order valence-corrected chi connectivity index (χ3v) is 4.73. The number of aromatic nitrogens is 3. The van der Waals surface area contributed by atoms with Gasteiger partial charge in [-0.05, 0) is 65.4 Å². The first-order valence-electron chi connectivity index (χ1n) is 7.86. The lowest BCUT2D eigenvalue weighted by atomic mass is 10.0. The molecule has 3 rings (SSSR count). The third-order valence-electron chi connectivity index (χ3n) is 3.81. The summed E-state index contributed by atoms with van der Waals surface area (Å²) in [6, 6.07) is 8.45. The number of halogens is 2. The zero-order chi connectivity index (χ0) is 19.7. The molecule has 1 aromatic carbocycles. The van der Waals surface area contributed by atoms with Crippen LogP contribution in [0.3, 0.4) is 0 Å². The fraction of sp³-hybridized carbons (Fsp3) is 0.0588. The van der Waals surface area contributed by atoms with Crippen LogP contribution in [0.25, 0.3) is 5.82 Å². The molecule has 0 bridgehead atoms. The molecule has 10 heteroatoms. The Morgan fingerprint density at radius 1 is 1.33 bits per heavy atom. The van der Waals surface area contributed by atoms with Crippen molar-refractivity contribution in [1.82, 2.24) is 14.8 Å². The second kappa shape index (κ2) is 7.69. The summed E-state index contributed by atoms with van der Waals surface area (Å²) in [6.45, 7) is 1.79. The Balaban J connectivity index is 2.05. The summed E-state index contributed by atoms with van der Waals surface area (Å²) in [7, 11) is 1.76. The molecule has 0 unspecified atom stereocenters. The Labute approximate surface area is 174 Å². The highest BCUT2D eigenvalue weighted by molar-refractivity contribution is 14.1. The Hall–Kier alpha value is -2.40. The standard InChI is InChI=1S/C17H14BClIN5O2/c1-8-5-9(20)6-10(15(21)26)14(8)23-17(27)12-7-13(18)24-25(12)16-11(19)3-2-4-22-16/h2-7H,18H2,1H3,(H2,21,26)(H,23,27). The van der Waals surface area contributed by atoms with Crippen molar-refractivity contribution < 1.29 is 9.59 Å². The summed E-state index contributed by atoms with van der Waals surface area (Å²) in [6.07, 6.45) is 1.56. The molecule has 0 aliphatic carbocycles. The highest BCUT2D eigenvalue weighted by Gasteiger charge is 2.21. The number of nitrogens with one attached hydrogen (secondary N) is 1. The molecule has 3 N–H and O–H groups in total. The van der Waals surface area contributed by atoms with Crippen LogP contribution in [0.1, 0.15) is 26.4 Å². The molecule has 0 spiro atoms. The molecule has 0 atom stereocenters. The van der Waals surface area contributed by atoms with Crippen molar-refractivity contribution in [3.8, 4) is 5.82 Å². The predicted molar refractivity (Wildman–Crippen MR) is 115 cm³/mol. The van der Waals surface area contributed by atoms with Crippen molar-refractivity contribution >= 4 is 65.1 Å². The quantitative estimate of drug-likeness (QED) is 0.424. The van der Waals surface area contributed by atoms with Gasteiger partial charge in [0.15, 0.2) is 13.7 Å². The number of benzene rings is 1. The van der Waals surface area contributed by atoms with E-state index in [0.717, 1.165) is 9.13 Å². The molecule has 0 saturated carbocycles. The number of carbonyl (C=O) groups is 2. The van der Waals surface area contributed by atoms with Gasteiger partial charge in [-0.15, -0.1) is 0 Å². The molecule has 2 aromatic heterocycles. The van der Waals surface area contributed by atoms with E-state index in [-0.39, 0.29) is 11.3 Å². The molecule has 2 amide bonds. The maximum atomic E-state index is 12.9. The van der Waals surface area contributed by atoms with E-state index in [9.17, 15) is 9.59 Å². The lowest BCUT2D eigenvalue weighted by molar-refractivity contribution is 0.100. The van der Waals surface area contributed by atoms with Crippen molar-refractivity contribution in [3.63, 3.8) is 0 Å². The minimum atomic E-state index is -0.621. The molecular formula is C17H14BClIN5O2. The zero-order valence-electron chi connectivity index (χ0n) is 14.5. The van der Waals surface area contributed by atoms with Crippen LogP contribution in [0.2, 0.25) is 5.02 Å².